The molecular formula is C22H28N2O5S. The number of rotatable bonds is 8. The third-order valence-electron chi connectivity index (χ3n) is 5.03. The molecule has 0 aliphatic carbocycles. The molecule has 1 saturated heterocycles. The highest BCUT2D eigenvalue weighted by Crippen LogP contribution is 2.22. The highest BCUT2D eigenvalue weighted by atomic mass is 32.2. The number of carbonyl (C=O) groups excluding carboxylic acids is 1. The Kier molecular flexibility index (Phi) is 7.47. The highest BCUT2D eigenvalue weighted by molar-refractivity contribution is 7.89. The summed E-state index contributed by atoms with van der Waals surface area (Å²) in [5.41, 5.74) is 2.15. The Labute approximate surface area is 178 Å². The molecule has 162 valence electrons. The molecule has 7 nitrogen and oxygen atoms in total. The third-order valence-corrected chi connectivity index (χ3v) is 7.07. The van der Waals surface area contributed by atoms with Gasteiger partial charge in [-0.25, -0.2) is 8.42 Å². The van der Waals surface area contributed by atoms with Gasteiger partial charge in [0.25, 0.3) is 5.91 Å². The summed E-state index contributed by atoms with van der Waals surface area (Å²) in [6.45, 7) is 5.83. The van der Waals surface area contributed by atoms with E-state index in [9.17, 15) is 13.2 Å². The number of nitrogens with one attached hydrogen (secondary N) is 1. The Morgan fingerprint density at radius 1 is 1.13 bits per heavy atom. The van der Waals surface area contributed by atoms with Gasteiger partial charge in [0.2, 0.25) is 10.0 Å². The molecule has 3 rings (SSSR count). The number of aryl methyl sites for hydroxylation is 2. The summed E-state index contributed by atoms with van der Waals surface area (Å²) in [6, 6.07) is 12.6. The van der Waals surface area contributed by atoms with E-state index in [0.29, 0.717) is 50.6 Å². The van der Waals surface area contributed by atoms with Crippen molar-refractivity contribution < 1.29 is 22.7 Å². The van der Waals surface area contributed by atoms with Gasteiger partial charge in [-0.1, -0.05) is 25.1 Å². The molecule has 0 unspecified atom stereocenters. The van der Waals surface area contributed by atoms with E-state index in [2.05, 4.69) is 12.2 Å². The second-order valence-electron chi connectivity index (χ2n) is 7.10. The molecule has 0 spiro atoms. The molecule has 1 heterocycles. The fourth-order valence-electron chi connectivity index (χ4n) is 3.20. The van der Waals surface area contributed by atoms with Crippen molar-refractivity contribution in [2.75, 3.05) is 39.5 Å². The van der Waals surface area contributed by atoms with Crippen LogP contribution in [0.25, 0.3) is 0 Å². The van der Waals surface area contributed by atoms with E-state index in [-0.39, 0.29) is 10.8 Å². The van der Waals surface area contributed by atoms with Crippen LogP contribution in [0.1, 0.15) is 28.4 Å². The first-order valence-electron chi connectivity index (χ1n) is 10.1. The first kappa shape index (κ1) is 22.3. The van der Waals surface area contributed by atoms with Gasteiger partial charge in [0, 0.05) is 18.7 Å². The highest BCUT2D eigenvalue weighted by Gasteiger charge is 2.28. The van der Waals surface area contributed by atoms with Crippen molar-refractivity contribution in [3.05, 3.63) is 59.2 Å². The number of hydrogen-bond acceptors (Lipinski definition) is 5. The van der Waals surface area contributed by atoms with Crippen LogP contribution in [-0.2, 0) is 21.2 Å². The van der Waals surface area contributed by atoms with E-state index in [0.717, 1.165) is 12.2 Å². The third kappa shape index (κ3) is 5.38. The number of benzene rings is 2. The lowest BCUT2D eigenvalue weighted by Gasteiger charge is -2.26. The lowest BCUT2D eigenvalue weighted by Crippen LogP contribution is -2.41. The zero-order valence-electron chi connectivity index (χ0n) is 17.4. The predicted octanol–water partition coefficient (Wildman–Crippen LogP) is 2.39. The lowest BCUT2D eigenvalue weighted by atomic mass is 10.1. The van der Waals surface area contributed by atoms with Gasteiger partial charge in [0.15, 0.2) is 0 Å². The molecule has 0 saturated carbocycles. The van der Waals surface area contributed by atoms with Crippen LogP contribution >= 0.6 is 0 Å². The Hall–Kier alpha value is -2.42. The second-order valence-corrected chi connectivity index (χ2v) is 9.00. The summed E-state index contributed by atoms with van der Waals surface area (Å²) in [4.78, 5) is 12.7. The molecule has 8 heteroatoms. The number of amides is 1. The van der Waals surface area contributed by atoms with Gasteiger partial charge < -0.3 is 14.8 Å². The minimum atomic E-state index is -3.67. The predicted molar refractivity (Wildman–Crippen MR) is 114 cm³/mol. The largest absolute Gasteiger partial charge is 0.492 e. The molecule has 1 amide bonds. The van der Waals surface area contributed by atoms with Gasteiger partial charge in [-0.05, 0) is 48.7 Å². The minimum Gasteiger partial charge on any atom is -0.492 e. The first-order valence-corrected chi connectivity index (χ1v) is 11.5. The van der Waals surface area contributed by atoms with Crippen LogP contribution in [0.2, 0.25) is 0 Å². The van der Waals surface area contributed by atoms with Crippen molar-refractivity contribution in [1.82, 2.24) is 9.62 Å². The summed E-state index contributed by atoms with van der Waals surface area (Å²) < 4.78 is 38.2. The molecular weight excluding hydrogens is 404 g/mol. The van der Waals surface area contributed by atoms with Crippen LogP contribution in [0.5, 0.6) is 5.75 Å². The number of sulfonamides is 1. The molecule has 2 aromatic carbocycles. The topological polar surface area (TPSA) is 84.9 Å². The van der Waals surface area contributed by atoms with E-state index in [4.69, 9.17) is 9.47 Å². The zero-order valence-corrected chi connectivity index (χ0v) is 18.2. The smallest absolute Gasteiger partial charge is 0.251 e. The van der Waals surface area contributed by atoms with Crippen molar-refractivity contribution >= 4 is 15.9 Å². The van der Waals surface area contributed by atoms with Crippen LogP contribution in [0.4, 0.5) is 0 Å². The molecule has 1 aliphatic rings. The van der Waals surface area contributed by atoms with Crippen molar-refractivity contribution in [2.45, 2.75) is 25.2 Å². The van der Waals surface area contributed by atoms with Crippen LogP contribution in [0.3, 0.4) is 0 Å². The molecule has 0 aromatic heterocycles. The molecule has 1 N–H and O–H groups in total. The monoisotopic (exact) mass is 432 g/mol. The molecule has 0 atom stereocenters. The molecule has 1 fully saturated rings. The maximum absolute atomic E-state index is 13.0. The molecule has 0 bridgehead atoms. The lowest BCUT2D eigenvalue weighted by molar-refractivity contribution is 0.0730. The Bertz CT molecular complexity index is 968. The SMILES string of the molecule is CCc1ccc(OCCNC(=O)c2ccc(C)c(S(=O)(=O)N3CCOCC3)c2)cc1. The van der Waals surface area contributed by atoms with Crippen molar-refractivity contribution in [1.29, 1.82) is 0 Å². The summed E-state index contributed by atoms with van der Waals surface area (Å²) in [6.07, 6.45) is 0.968. The van der Waals surface area contributed by atoms with Gasteiger partial charge >= 0.3 is 0 Å². The number of nitrogens with zero attached hydrogens (tertiary/aromatic N) is 1. The van der Waals surface area contributed by atoms with Gasteiger partial charge in [-0.15, -0.1) is 0 Å². The van der Waals surface area contributed by atoms with E-state index in [1.54, 1.807) is 19.1 Å². The maximum atomic E-state index is 13.0. The van der Waals surface area contributed by atoms with E-state index < -0.39 is 10.0 Å². The van der Waals surface area contributed by atoms with Gasteiger partial charge in [-0.3, -0.25) is 4.79 Å². The van der Waals surface area contributed by atoms with Gasteiger partial charge in [0.1, 0.15) is 12.4 Å². The van der Waals surface area contributed by atoms with Crippen LogP contribution in [0, 0.1) is 6.92 Å². The number of morpholine rings is 1. The quantitative estimate of drug-likeness (QED) is 0.648. The van der Waals surface area contributed by atoms with E-state index >= 15 is 0 Å². The summed E-state index contributed by atoms with van der Waals surface area (Å²) in [5, 5.41) is 2.78. The molecule has 1 aliphatic heterocycles. The molecule has 0 radical (unpaired) electrons. The fourth-order valence-corrected chi connectivity index (χ4v) is 4.86. The minimum absolute atomic E-state index is 0.157. The maximum Gasteiger partial charge on any atom is 0.251 e. The van der Waals surface area contributed by atoms with Crippen molar-refractivity contribution in [3.63, 3.8) is 0 Å². The Morgan fingerprint density at radius 2 is 1.83 bits per heavy atom. The Morgan fingerprint density at radius 3 is 2.50 bits per heavy atom. The van der Waals surface area contributed by atoms with E-state index in [1.807, 2.05) is 24.3 Å². The number of carbonyl (C=O) groups is 1. The van der Waals surface area contributed by atoms with Gasteiger partial charge in [0.05, 0.1) is 24.7 Å². The van der Waals surface area contributed by atoms with Crippen LogP contribution < -0.4 is 10.1 Å². The number of hydrogen-bond donors (Lipinski definition) is 1. The average molecular weight is 433 g/mol. The Balaban J connectivity index is 1.60. The molecule has 30 heavy (non-hydrogen) atoms. The van der Waals surface area contributed by atoms with Gasteiger partial charge in [-0.2, -0.15) is 4.31 Å². The van der Waals surface area contributed by atoms with Crippen LogP contribution in [-0.4, -0.2) is 58.1 Å². The van der Waals surface area contributed by atoms with Crippen LogP contribution in [0.15, 0.2) is 47.4 Å². The fraction of sp³-hybridized carbons (Fsp3) is 0.409. The summed E-state index contributed by atoms with van der Waals surface area (Å²) in [5.74, 6) is 0.411. The number of ether oxygens (including phenoxy) is 2. The van der Waals surface area contributed by atoms with E-state index in [1.165, 1.54) is 15.9 Å². The molecule has 2 aromatic rings. The average Bonchev–Trinajstić information content (AvgIpc) is 2.77. The summed E-state index contributed by atoms with van der Waals surface area (Å²) in [7, 11) is -3.67. The second kappa shape index (κ2) is 10.1. The summed E-state index contributed by atoms with van der Waals surface area (Å²) >= 11 is 0. The zero-order chi connectivity index (χ0) is 21.6. The first-order chi connectivity index (χ1) is 14.4. The van der Waals surface area contributed by atoms with Crippen molar-refractivity contribution in [3.8, 4) is 5.75 Å². The normalized spacial score (nSPS) is 15.0. The standard InChI is InChI=1S/C22H28N2O5S/c1-3-18-5-8-20(9-6-18)29-13-10-23-22(25)19-7-4-17(2)21(16-19)30(26,27)24-11-14-28-15-12-24/h4-9,16H,3,10-15H2,1-2H3,(H,23,25). The van der Waals surface area contributed by atoms with Crippen molar-refractivity contribution in [2.24, 2.45) is 0 Å².